The maximum atomic E-state index is 6.48. The number of para-hydroxylation sites is 1. The first-order chi connectivity index (χ1) is 27.2. The fourth-order valence-corrected chi connectivity index (χ4v) is 9.34. The van der Waals surface area contributed by atoms with Gasteiger partial charge in [0, 0.05) is 43.2 Å². The second-order valence-electron chi connectivity index (χ2n) is 14.1. The van der Waals surface area contributed by atoms with E-state index in [1.807, 2.05) is 17.4 Å². The van der Waals surface area contributed by atoms with Crippen molar-refractivity contribution in [3.8, 4) is 33.4 Å². The molecule has 0 amide bonds. The van der Waals surface area contributed by atoms with Crippen LogP contribution in [0.4, 0.5) is 17.1 Å². The Morgan fingerprint density at radius 1 is 0.382 bits per heavy atom. The zero-order valence-corrected chi connectivity index (χ0v) is 30.6. The average molecular weight is 720 g/mol. The molecule has 258 valence electrons. The van der Waals surface area contributed by atoms with E-state index >= 15 is 0 Å². The highest BCUT2D eigenvalue weighted by Gasteiger charge is 2.19. The van der Waals surface area contributed by atoms with Gasteiger partial charge in [-0.1, -0.05) is 146 Å². The Kier molecular flexibility index (Phi) is 7.39. The molecule has 0 bridgehead atoms. The van der Waals surface area contributed by atoms with Crippen LogP contribution in [0.1, 0.15) is 0 Å². The molecule has 11 rings (SSSR count). The average Bonchev–Trinajstić information content (AvgIpc) is 3.83. The van der Waals surface area contributed by atoms with E-state index in [1.165, 1.54) is 47.8 Å². The van der Waals surface area contributed by atoms with Crippen LogP contribution in [-0.2, 0) is 0 Å². The van der Waals surface area contributed by atoms with Crippen LogP contribution in [0.2, 0.25) is 0 Å². The summed E-state index contributed by atoms with van der Waals surface area (Å²) >= 11 is 1.86. The molecule has 0 saturated heterocycles. The van der Waals surface area contributed by atoms with Gasteiger partial charge in [-0.15, -0.1) is 11.3 Å². The lowest BCUT2D eigenvalue weighted by Gasteiger charge is -2.26. The Balaban J connectivity index is 1.01. The molecule has 0 atom stereocenters. The largest absolute Gasteiger partial charge is 0.455 e. The predicted molar refractivity (Wildman–Crippen MR) is 235 cm³/mol. The first-order valence-electron chi connectivity index (χ1n) is 18.7. The van der Waals surface area contributed by atoms with Crippen molar-refractivity contribution in [2.45, 2.75) is 0 Å². The van der Waals surface area contributed by atoms with E-state index < -0.39 is 0 Å². The SMILES string of the molecule is c1ccc(-c2cccc3c2oc2ccc(-c4ccc(N(c5ccc(-c6ccc7ccccc7c6)cc5)c5cccc6c5sc5ccccc56)cc4)cc23)cc1. The van der Waals surface area contributed by atoms with Crippen LogP contribution >= 0.6 is 11.3 Å². The van der Waals surface area contributed by atoms with Crippen molar-refractivity contribution in [3.63, 3.8) is 0 Å². The van der Waals surface area contributed by atoms with Gasteiger partial charge < -0.3 is 9.32 Å². The minimum atomic E-state index is 0.897. The smallest absolute Gasteiger partial charge is 0.143 e. The third-order valence-electron chi connectivity index (χ3n) is 10.9. The highest BCUT2D eigenvalue weighted by molar-refractivity contribution is 7.26. The number of hydrogen-bond donors (Lipinski definition) is 0. The Morgan fingerprint density at radius 2 is 1.00 bits per heavy atom. The lowest BCUT2D eigenvalue weighted by Crippen LogP contribution is -2.10. The van der Waals surface area contributed by atoms with Crippen molar-refractivity contribution >= 4 is 81.3 Å². The zero-order chi connectivity index (χ0) is 36.3. The highest BCUT2D eigenvalue weighted by Crippen LogP contribution is 2.45. The van der Waals surface area contributed by atoms with Gasteiger partial charge >= 0.3 is 0 Å². The highest BCUT2D eigenvalue weighted by atomic mass is 32.1. The summed E-state index contributed by atoms with van der Waals surface area (Å²) in [6.07, 6.45) is 0. The van der Waals surface area contributed by atoms with E-state index in [4.69, 9.17) is 4.42 Å². The summed E-state index contributed by atoms with van der Waals surface area (Å²) < 4.78 is 9.06. The number of furan rings is 1. The van der Waals surface area contributed by atoms with Crippen molar-refractivity contribution in [3.05, 3.63) is 200 Å². The van der Waals surface area contributed by atoms with E-state index in [1.54, 1.807) is 0 Å². The fourth-order valence-electron chi connectivity index (χ4n) is 8.13. The molecule has 9 aromatic carbocycles. The van der Waals surface area contributed by atoms with Crippen LogP contribution in [-0.4, -0.2) is 0 Å². The first kappa shape index (κ1) is 31.6. The summed E-state index contributed by atoms with van der Waals surface area (Å²) in [6.45, 7) is 0. The summed E-state index contributed by atoms with van der Waals surface area (Å²) in [5, 5.41) is 7.33. The molecule has 11 aromatic rings. The molecular formula is C52H33NOS. The quantitative estimate of drug-likeness (QED) is 0.170. The molecular weight excluding hydrogens is 687 g/mol. The third kappa shape index (κ3) is 5.40. The minimum absolute atomic E-state index is 0.897. The van der Waals surface area contributed by atoms with Crippen LogP contribution in [0, 0.1) is 0 Å². The number of fused-ring (bicyclic) bond motifs is 7. The monoisotopic (exact) mass is 719 g/mol. The van der Waals surface area contributed by atoms with E-state index in [0.29, 0.717) is 0 Å². The van der Waals surface area contributed by atoms with Crippen molar-refractivity contribution in [1.29, 1.82) is 0 Å². The number of rotatable bonds is 6. The summed E-state index contributed by atoms with van der Waals surface area (Å²) in [4.78, 5) is 2.41. The van der Waals surface area contributed by atoms with Gasteiger partial charge in [-0.05, 0) is 93.2 Å². The molecule has 3 heteroatoms. The molecule has 0 fully saturated rings. The third-order valence-corrected chi connectivity index (χ3v) is 12.1. The molecule has 0 saturated carbocycles. The van der Waals surface area contributed by atoms with E-state index in [2.05, 4.69) is 199 Å². The number of nitrogens with zero attached hydrogens (tertiary/aromatic N) is 1. The van der Waals surface area contributed by atoms with Gasteiger partial charge in [0.15, 0.2) is 0 Å². The number of hydrogen-bond acceptors (Lipinski definition) is 3. The number of benzene rings is 9. The van der Waals surface area contributed by atoms with Crippen LogP contribution < -0.4 is 4.90 Å². The van der Waals surface area contributed by atoms with E-state index in [0.717, 1.165) is 55.6 Å². The second kappa shape index (κ2) is 12.9. The van der Waals surface area contributed by atoms with Crippen molar-refractivity contribution in [2.24, 2.45) is 0 Å². The maximum Gasteiger partial charge on any atom is 0.143 e. The normalized spacial score (nSPS) is 11.6. The van der Waals surface area contributed by atoms with Crippen molar-refractivity contribution in [1.82, 2.24) is 0 Å². The van der Waals surface area contributed by atoms with E-state index in [9.17, 15) is 0 Å². The molecule has 0 spiro atoms. The minimum Gasteiger partial charge on any atom is -0.455 e. The van der Waals surface area contributed by atoms with Gasteiger partial charge in [0.1, 0.15) is 11.2 Å². The van der Waals surface area contributed by atoms with Crippen molar-refractivity contribution < 1.29 is 4.42 Å². The molecule has 0 N–H and O–H groups in total. The van der Waals surface area contributed by atoms with Crippen LogP contribution in [0.25, 0.3) is 86.3 Å². The van der Waals surface area contributed by atoms with Gasteiger partial charge in [0.2, 0.25) is 0 Å². The number of thiophene rings is 1. The molecule has 55 heavy (non-hydrogen) atoms. The Labute approximate surface area is 322 Å². The maximum absolute atomic E-state index is 6.48. The molecule has 0 radical (unpaired) electrons. The molecule has 0 aliphatic rings. The van der Waals surface area contributed by atoms with Crippen LogP contribution in [0.5, 0.6) is 0 Å². The van der Waals surface area contributed by atoms with Gasteiger partial charge in [0.05, 0.1) is 10.4 Å². The summed E-state index contributed by atoms with van der Waals surface area (Å²) in [5.74, 6) is 0. The second-order valence-corrected chi connectivity index (χ2v) is 15.2. The molecule has 0 unspecified atom stereocenters. The standard InChI is InChI=1S/C52H33NOS/c1-2-11-37(12-3-1)43-15-8-16-45-47-33-40(26-31-49(47)54-51(43)45)36-24-29-42(30-25-36)53(48-18-9-17-46-44-14-6-7-19-50(44)55-52(46)48)41-27-22-35(23-28-41)39-21-20-34-10-4-5-13-38(34)32-39/h1-33H. The molecule has 0 aliphatic heterocycles. The lowest BCUT2D eigenvalue weighted by molar-refractivity contribution is 0.670. The van der Waals surface area contributed by atoms with Gasteiger partial charge in [0.25, 0.3) is 0 Å². The van der Waals surface area contributed by atoms with Crippen LogP contribution in [0.3, 0.4) is 0 Å². The van der Waals surface area contributed by atoms with Gasteiger partial charge in [-0.3, -0.25) is 0 Å². The molecule has 2 aromatic heterocycles. The lowest BCUT2D eigenvalue weighted by atomic mass is 9.99. The predicted octanol–water partition coefficient (Wildman–Crippen LogP) is 15.6. The Morgan fingerprint density at radius 3 is 1.80 bits per heavy atom. The van der Waals surface area contributed by atoms with Gasteiger partial charge in [-0.2, -0.15) is 0 Å². The summed E-state index contributed by atoms with van der Waals surface area (Å²) in [6, 6.07) is 72.1. The Bertz CT molecular complexity index is 3190. The van der Waals surface area contributed by atoms with E-state index in [-0.39, 0.29) is 0 Å². The topological polar surface area (TPSA) is 16.4 Å². The molecule has 2 heterocycles. The summed E-state index contributed by atoms with van der Waals surface area (Å²) in [5.41, 5.74) is 12.2. The zero-order valence-electron chi connectivity index (χ0n) is 29.8. The number of anilines is 3. The van der Waals surface area contributed by atoms with Crippen molar-refractivity contribution in [2.75, 3.05) is 4.90 Å². The Hall–Kier alpha value is -6.94. The first-order valence-corrected chi connectivity index (χ1v) is 19.5. The van der Waals surface area contributed by atoms with Crippen LogP contribution in [0.15, 0.2) is 205 Å². The summed E-state index contributed by atoms with van der Waals surface area (Å²) in [7, 11) is 0. The molecule has 2 nitrogen and oxygen atoms in total. The fraction of sp³-hybridized carbons (Fsp3) is 0. The molecule has 0 aliphatic carbocycles. The van der Waals surface area contributed by atoms with Gasteiger partial charge in [-0.25, -0.2) is 0 Å².